The Kier molecular flexibility index (Phi) is 7.45. The lowest BCUT2D eigenvalue weighted by molar-refractivity contribution is -0.135. The molecule has 0 unspecified atom stereocenters. The van der Waals surface area contributed by atoms with Crippen molar-refractivity contribution in [1.29, 1.82) is 0 Å². The van der Waals surface area contributed by atoms with Crippen LogP contribution in [0.5, 0.6) is 0 Å². The first-order chi connectivity index (χ1) is 14.0. The smallest absolute Gasteiger partial charge is 0.223 e. The fourth-order valence-electron chi connectivity index (χ4n) is 3.80. The van der Waals surface area contributed by atoms with Crippen molar-refractivity contribution in [3.05, 3.63) is 71.3 Å². The topological polar surface area (TPSA) is 49.4 Å². The zero-order valence-corrected chi connectivity index (χ0v) is 17.6. The largest absolute Gasteiger partial charge is 0.352 e. The molecule has 29 heavy (non-hydrogen) atoms. The summed E-state index contributed by atoms with van der Waals surface area (Å²) in [7, 11) is 0. The number of likely N-dealkylation sites (tertiary alicyclic amines) is 1. The van der Waals surface area contributed by atoms with Crippen LogP contribution in [0.3, 0.4) is 0 Å². The Labute approximate surface area is 174 Å². The summed E-state index contributed by atoms with van der Waals surface area (Å²) in [4.78, 5) is 26.9. The summed E-state index contributed by atoms with van der Waals surface area (Å²) >= 11 is 0. The van der Waals surface area contributed by atoms with Crippen molar-refractivity contribution >= 4 is 11.8 Å². The Bertz CT molecular complexity index is 791. The summed E-state index contributed by atoms with van der Waals surface area (Å²) in [6, 6.07) is 18.5. The number of nitrogens with one attached hydrogen (secondary N) is 1. The van der Waals surface area contributed by atoms with Gasteiger partial charge in [0.2, 0.25) is 11.8 Å². The van der Waals surface area contributed by atoms with Gasteiger partial charge in [0.05, 0.1) is 0 Å². The molecule has 2 amide bonds. The van der Waals surface area contributed by atoms with Crippen LogP contribution in [0.1, 0.15) is 55.7 Å². The van der Waals surface area contributed by atoms with Crippen molar-refractivity contribution in [2.45, 2.75) is 52.0 Å². The highest BCUT2D eigenvalue weighted by Gasteiger charge is 2.26. The minimum Gasteiger partial charge on any atom is -0.352 e. The number of nitrogens with zero attached hydrogens (tertiary/aromatic N) is 1. The average molecular weight is 393 g/mol. The Morgan fingerprint density at radius 3 is 2.24 bits per heavy atom. The van der Waals surface area contributed by atoms with Crippen LogP contribution in [0.4, 0.5) is 0 Å². The van der Waals surface area contributed by atoms with E-state index < -0.39 is 0 Å². The molecule has 3 rings (SSSR count). The molecule has 154 valence electrons. The molecule has 2 aromatic carbocycles. The van der Waals surface area contributed by atoms with Gasteiger partial charge in [-0.15, -0.1) is 0 Å². The molecule has 1 N–H and O–H groups in total. The number of hydrogen-bond donors (Lipinski definition) is 1. The van der Waals surface area contributed by atoms with Gasteiger partial charge in [0.15, 0.2) is 0 Å². The van der Waals surface area contributed by atoms with Gasteiger partial charge in [0.25, 0.3) is 0 Å². The molecule has 1 fully saturated rings. The number of rotatable bonds is 7. The summed E-state index contributed by atoms with van der Waals surface area (Å²) in [5.74, 6) is 0.829. The van der Waals surface area contributed by atoms with Crippen LogP contribution >= 0.6 is 0 Å². The number of carbonyl (C=O) groups excluding carboxylic acids is 2. The molecule has 1 aliphatic heterocycles. The van der Waals surface area contributed by atoms with E-state index in [0.717, 1.165) is 24.8 Å². The van der Waals surface area contributed by atoms with Crippen LogP contribution in [-0.2, 0) is 22.6 Å². The number of hydrogen-bond acceptors (Lipinski definition) is 2. The van der Waals surface area contributed by atoms with E-state index in [-0.39, 0.29) is 17.7 Å². The minimum atomic E-state index is 0.00587. The van der Waals surface area contributed by atoms with E-state index in [1.165, 1.54) is 11.1 Å². The van der Waals surface area contributed by atoms with Crippen molar-refractivity contribution in [1.82, 2.24) is 10.2 Å². The Morgan fingerprint density at radius 2 is 1.62 bits per heavy atom. The molecule has 0 radical (unpaired) electrons. The zero-order chi connectivity index (χ0) is 20.6. The average Bonchev–Trinajstić information content (AvgIpc) is 2.77. The Morgan fingerprint density at radius 1 is 0.966 bits per heavy atom. The van der Waals surface area contributed by atoms with Gasteiger partial charge in [-0.2, -0.15) is 0 Å². The molecule has 4 heteroatoms. The van der Waals surface area contributed by atoms with Crippen LogP contribution < -0.4 is 5.32 Å². The van der Waals surface area contributed by atoms with Crippen LogP contribution in [0.2, 0.25) is 0 Å². The Hall–Kier alpha value is -2.62. The van der Waals surface area contributed by atoms with Crippen LogP contribution in [0, 0.1) is 5.92 Å². The number of piperidine rings is 1. The number of amides is 2. The second kappa shape index (κ2) is 10.2. The molecular weight excluding hydrogens is 360 g/mol. The SMILES string of the molecule is CC(C)c1ccc(CCC(=O)N2CCC(C(=O)NCc3ccccc3)CC2)cc1. The lowest BCUT2D eigenvalue weighted by Crippen LogP contribution is -2.43. The van der Waals surface area contributed by atoms with Crippen molar-refractivity contribution in [3.8, 4) is 0 Å². The van der Waals surface area contributed by atoms with Crippen molar-refractivity contribution < 1.29 is 9.59 Å². The number of aryl methyl sites for hydroxylation is 1. The molecule has 1 aliphatic rings. The van der Waals surface area contributed by atoms with E-state index in [4.69, 9.17) is 0 Å². The molecule has 0 bridgehead atoms. The van der Waals surface area contributed by atoms with Crippen LogP contribution in [-0.4, -0.2) is 29.8 Å². The summed E-state index contributed by atoms with van der Waals surface area (Å²) in [6.07, 6.45) is 2.80. The van der Waals surface area contributed by atoms with E-state index in [1.807, 2.05) is 35.2 Å². The third kappa shape index (κ3) is 6.18. The zero-order valence-electron chi connectivity index (χ0n) is 17.6. The predicted molar refractivity (Wildman–Crippen MR) is 116 cm³/mol. The van der Waals surface area contributed by atoms with Gasteiger partial charge in [-0.05, 0) is 41.9 Å². The maximum atomic E-state index is 12.6. The molecule has 1 heterocycles. The first-order valence-corrected chi connectivity index (χ1v) is 10.7. The first kappa shape index (κ1) is 21.1. The van der Waals surface area contributed by atoms with E-state index in [1.54, 1.807) is 0 Å². The van der Waals surface area contributed by atoms with E-state index in [2.05, 4.69) is 43.4 Å². The lowest BCUT2D eigenvalue weighted by atomic mass is 9.95. The van der Waals surface area contributed by atoms with E-state index >= 15 is 0 Å². The number of benzene rings is 2. The molecule has 1 saturated heterocycles. The van der Waals surface area contributed by atoms with Crippen LogP contribution in [0.25, 0.3) is 0 Å². The first-order valence-electron chi connectivity index (χ1n) is 10.7. The molecule has 2 aromatic rings. The van der Waals surface area contributed by atoms with Gasteiger partial charge in [-0.1, -0.05) is 68.4 Å². The second-order valence-electron chi connectivity index (χ2n) is 8.25. The lowest BCUT2D eigenvalue weighted by Gasteiger charge is -2.31. The van der Waals surface area contributed by atoms with Crippen molar-refractivity contribution in [3.63, 3.8) is 0 Å². The fourth-order valence-corrected chi connectivity index (χ4v) is 3.80. The van der Waals surface area contributed by atoms with Crippen LogP contribution in [0.15, 0.2) is 54.6 Å². The third-order valence-electron chi connectivity index (χ3n) is 5.80. The highest BCUT2D eigenvalue weighted by atomic mass is 16.2. The summed E-state index contributed by atoms with van der Waals surface area (Å²) < 4.78 is 0. The summed E-state index contributed by atoms with van der Waals surface area (Å²) in [5, 5.41) is 3.03. The van der Waals surface area contributed by atoms with Gasteiger partial charge in [-0.25, -0.2) is 0 Å². The fraction of sp³-hybridized carbons (Fsp3) is 0.440. The monoisotopic (exact) mass is 392 g/mol. The second-order valence-corrected chi connectivity index (χ2v) is 8.25. The normalized spacial score (nSPS) is 14.8. The molecule has 0 aliphatic carbocycles. The van der Waals surface area contributed by atoms with Crippen molar-refractivity contribution in [2.24, 2.45) is 5.92 Å². The highest BCUT2D eigenvalue weighted by Crippen LogP contribution is 2.20. The van der Waals surface area contributed by atoms with Gasteiger partial charge in [0, 0.05) is 32.0 Å². The van der Waals surface area contributed by atoms with Gasteiger partial charge in [-0.3, -0.25) is 9.59 Å². The Balaban J connectivity index is 1.39. The predicted octanol–water partition coefficient (Wildman–Crippen LogP) is 4.30. The van der Waals surface area contributed by atoms with Gasteiger partial charge >= 0.3 is 0 Å². The molecule has 0 saturated carbocycles. The standard InChI is InChI=1S/C25H32N2O2/c1-19(2)22-11-8-20(9-12-22)10-13-24(28)27-16-14-23(15-17-27)25(29)26-18-21-6-4-3-5-7-21/h3-9,11-12,19,23H,10,13-18H2,1-2H3,(H,26,29). The molecule has 0 spiro atoms. The number of carbonyl (C=O) groups is 2. The van der Waals surface area contributed by atoms with Gasteiger partial charge in [0.1, 0.15) is 0 Å². The molecule has 0 aromatic heterocycles. The van der Waals surface area contributed by atoms with E-state index in [0.29, 0.717) is 32.0 Å². The van der Waals surface area contributed by atoms with E-state index in [9.17, 15) is 9.59 Å². The molecule has 4 nitrogen and oxygen atoms in total. The summed E-state index contributed by atoms with van der Waals surface area (Å²) in [5.41, 5.74) is 3.64. The maximum absolute atomic E-state index is 12.6. The summed E-state index contributed by atoms with van der Waals surface area (Å²) in [6.45, 7) is 6.28. The minimum absolute atomic E-state index is 0.00587. The molecular formula is C25H32N2O2. The highest BCUT2D eigenvalue weighted by molar-refractivity contribution is 5.80. The van der Waals surface area contributed by atoms with Crippen molar-refractivity contribution in [2.75, 3.05) is 13.1 Å². The van der Waals surface area contributed by atoms with Gasteiger partial charge < -0.3 is 10.2 Å². The maximum Gasteiger partial charge on any atom is 0.223 e. The quantitative estimate of drug-likeness (QED) is 0.764. The third-order valence-corrected chi connectivity index (χ3v) is 5.80. The molecule has 0 atom stereocenters.